The molecule has 0 bridgehead atoms. The summed E-state index contributed by atoms with van der Waals surface area (Å²) in [5.41, 5.74) is 0.838. The molecule has 1 aliphatic heterocycles. The molecule has 0 fully saturated rings. The molecular weight excluding hydrogens is 485 g/mol. The largest absolute Gasteiger partial charge is 0.459 e. The first-order valence-electron chi connectivity index (χ1n) is 9.87. The van der Waals surface area contributed by atoms with E-state index in [-0.39, 0.29) is 35.9 Å². The molecule has 10 heteroatoms. The Balaban J connectivity index is 0.00000300. The SMILES string of the molecule is CCNC(=NCCCNC(=O)c1occc1C)NC1CCCn2nc(C)nc21.I. The van der Waals surface area contributed by atoms with Crippen molar-refractivity contribution < 1.29 is 9.21 Å². The van der Waals surface area contributed by atoms with Crippen molar-refractivity contribution in [2.75, 3.05) is 19.6 Å². The van der Waals surface area contributed by atoms with Gasteiger partial charge in [-0.1, -0.05) is 0 Å². The summed E-state index contributed by atoms with van der Waals surface area (Å²) in [6.07, 6.45) is 4.32. The van der Waals surface area contributed by atoms with E-state index in [1.165, 1.54) is 6.26 Å². The molecule has 0 spiro atoms. The molecule has 160 valence electrons. The number of amides is 1. The average molecular weight is 515 g/mol. The number of rotatable bonds is 7. The summed E-state index contributed by atoms with van der Waals surface area (Å²) < 4.78 is 7.17. The highest BCUT2D eigenvalue weighted by molar-refractivity contribution is 14.0. The second-order valence-corrected chi connectivity index (χ2v) is 6.88. The zero-order chi connectivity index (χ0) is 19.9. The lowest BCUT2D eigenvalue weighted by Gasteiger charge is -2.25. The van der Waals surface area contributed by atoms with Gasteiger partial charge in [0.05, 0.1) is 12.3 Å². The standard InChI is InChI=1S/C19H29N7O2.HI/c1-4-20-19(24-15-7-5-11-26-17(15)23-14(3)25-26)22-10-6-9-21-18(27)16-13(2)8-12-28-16;/h8,12,15H,4-7,9-11H2,1-3H3,(H,21,27)(H2,20,22,24);1H. The molecular formula is C19H30IN7O2. The molecule has 0 aliphatic carbocycles. The topological polar surface area (TPSA) is 109 Å². The number of nitrogens with zero attached hydrogens (tertiary/aromatic N) is 4. The van der Waals surface area contributed by atoms with Crippen molar-refractivity contribution in [1.82, 2.24) is 30.7 Å². The van der Waals surface area contributed by atoms with Gasteiger partial charge >= 0.3 is 0 Å². The maximum Gasteiger partial charge on any atom is 0.287 e. The number of aliphatic imine (C=N–C) groups is 1. The quantitative estimate of drug-likeness (QED) is 0.226. The number of aromatic nitrogens is 3. The Hall–Kier alpha value is -2.11. The van der Waals surface area contributed by atoms with Crippen molar-refractivity contribution in [3.8, 4) is 0 Å². The zero-order valence-corrected chi connectivity index (χ0v) is 19.5. The first kappa shape index (κ1) is 23.2. The van der Waals surface area contributed by atoms with Gasteiger partial charge in [0, 0.05) is 31.7 Å². The molecule has 1 amide bonds. The van der Waals surface area contributed by atoms with E-state index in [2.05, 4.69) is 31.0 Å². The van der Waals surface area contributed by atoms with Crippen LogP contribution in [0.15, 0.2) is 21.7 Å². The van der Waals surface area contributed by atoms with Crippen LogP contribution in [0.5, 0.6) is 0 Å². The highest BCUT2D eigenvalue weighted by Gasteiger charge is 2.24. The van der Waals surface area contributed by atoms with E-state index in [1.807, 2.05) is 25.5 Å². The van der Waals surface area contributed by atoms with Gasteiger partial charge in [0.25, 0.3) is 5.91 Å². The molecule has 1 aliphatic rings. The lowest BCUT2D eigenvalue weighted by Crippen LogP contribution is -2.41. The lowest BCUT2D eigenvalue weighted by molar-refractivity contribution is 0.0925. The van der Waals surface area contributed by atoms with Gasteiger partial charge in [-0.15, -0.1) is 24.0 Å². The van der Waals surface area contributed by atoms with E-state index in [9.17, 15) is 4.79 Å². The summed E-state index contributed by atoms with van der Waals surface area (Å²) in [5, 5.41) is 14.1. The molecule has 0 saturated carbocycles. The van der Waals surface area contributed by atoms with Crippen molar-refractivity contribution >= 4 is 35.8 Å². The Morgan fingerprint density at radius 1 is 1.38 bits per heavy atom. The lowest BCUT2D eigenvalue weighted by atomic mass is 10.1. The van der Waals surface area contributed by atoms with Crippen molar-refractivity contribution in [3.05, 3.63) is 35.3 Å². The van der Waals surface area contributed by atoms with Crippen LogP contribution in [0, 0.1) is 13.8 Å². The van der Waals surface area contributed by atoms with Crippen LogP contribution in [0.4, 0.5) is 0 Å². The molecule has 0 radical (unpaired) electrons. The Kier molecular flexibility index (Phi) is 8.93. The van der Waals surface area contributed by atoms with E-state index in [1.54, 1.807) is 6.07 Å². The summed E-state index contributed by atoms with van der Waals surface area (Å²) in [7, 11) is 0. The first-order chi connectivity index (χ1) is 13.6. The molecule has 2 aromatic heterocycles. The Morgan fingerprint density at radius 3 is 2.93 bits per heavy atom. The minimum atomic E-state index is -0.187. The molecule has 3 heterocycles. The van der Waals surface area contributed by atoms with Gasteiger partial charge in [-0.2, -0.15) is 5.10 Å². The molecule has 29 heavy (non-hydrogen) atoms. The number of halogens is 1. The number of guanidine groups is 1. The second kappa shape index (κ2) is 11.2. The highest BCUT2D eigenvalue weighted by Crippen LogP contribution is 2.22. The molecule has 0 saturated heterocycles. The Labute approximate surface area is 188 Å². The number of nitrogens with one attached hydrogen (secondary N) is 3. The molecule has 1 atom stereocenters. The predicted molar refractivity (Wildman–Crippen MR) is 122 cm³/mol. The van der Waals surface area contributed by atoms with E-state index in [4.69, 9.17) is 4.42 Å². The Bertz CT molecular complexity index is 830. The van der Waals surface area contributed by atoms with Gasteiger partial charge in [0.2, 0.25) is 0 Å². The number of hydrogen-bond acceptors (Lipinski definition) is 5. The van der Waals surface area contributed by atoms with Crippen molar-refractivity contribution in [2.24, 2.45) is 4.99 Å². The number of fused-ring (bicyclic) bond motifs is 1. The van der Waals surface area contributed by atoms with Crippen molar-refractivity contribution in [2.45, 2.75) is 52.6 Å². The molecule has 3 rings (SSSR count). The van der Waals surface area contributed by atoms with E-state index in [0.29, 0.717) is 18.8 Å². The maximum atomic E-state index is 12.0. The van der Waals surface area contributed by atoms with Gasteiger partial charge in [-0.05, 0) is 46.1 Å². The van der Waals surface area contributed by atoms with Crippen LogP contribution in [0.2, 0.25) is 0 Å². The fourth-order valence-electron chi connectivity index (χ4n) is 3.25. The first-order valence-corrected chi connectivity index (χ1v) is 9.87. The van der Waals surface area contributed by atoms with Gasteiger partial charge < -0.3 is 20.4 Å². The van der Waals surface area contributed by atoms with Crippen LogP contribution >= 0.6 is 24.0 Å². The van der Waals surface area contributed by atoms with Crippen LogP contribution < -0.4 is 16.0 Å². The van der Waals surface area contributed by atoms with E-state index < -0.39 is 0 Å². The van der Waals surface area contributed by atoms with Gasteiger partial charge in [-0.25, -0.2) is 9.67 Å². The number of carbonyl (C=O) groups excluding carboxylic acids is 1. The average Bonchev–Trinajstić information content (AvgIpc) is 3.26. The summed E-state index contributed by atoms with van der Waals surface area (Å²) in [5.74, 6) is 2.71. The van der Waals surface area contributed by atoms with Crippen molar-refractivity contribution in [3.63, 3.8) is 0 Å². The van der Waals surface area contributed by atoms with Crippen molar-refractivity contribution in [1.29, 1.82) is 0 Å². The monoisotopic (exact) mass is 515 g/mol. The third kappa shape index (κ3) is 6.18. The van der Waals surface area contributed by atoms with Gasteiger partial charge in [-0.3, -0.25) is 9.79 Å². The maximum absolute atomic E-state index is 12.0. The molecule has 9 nitrogen and oxygen atoms in total. The van der Waals surface area contributed by atoms with Crippen LogP contribution in [0.1, 0.15) is 60.0 Å². The highest BCUT2D eigenvalue weighted by atomic mass is 127. The normalized spacial score (nSPS) is 16.0. The van der Waals surface area contributed by atoms with E-state index >= 15 is 0 Å². The summed E-state index contributed by atoms with van der Waals surface area (Å²) in [6.45, 7) is 8.64. The second-order valence-electron chi connectivity index (χ2n) is 6.88. The molecule has 0 aromatic carbocycles. The number of hydrogen-bond donors (Lipinski definition) is 3. The predicted octanol–water partition coefficient (Wildman–Crippen LogP) is 2.32. The van der Waals surface area contributed by atoms with Gasteiger partial charge in [0.1, 0.15) is 11.6 Å². The van der Waals surface area contributed by atoms with Crippen LogP contribution in [-0.2, 0) is 6.54 Å². The van der Waals surface area contributed by atoms with Gasteiger partial charge in [0.15, 0.2) is 11.7 Å². The number of aryl methyl sites for hydroxylation is 3. The summed E-state index contributed by atoms with van der Waals surface area (Å²) in [4.78, 5) is 21.2. The minimum Gasteiger partial charge on any atom is -0.459 e. The third-order valence-corrected chi connectivity index (χ3v) is 4.59. The summed E-state index contributed by atoms with van der Waals surface area (Å²) >= 11 is 0. The fraction of sp³-hybridized carbons (Fsp3) is 0.579. The van der Waals surface area contributed by atoms with Crippen LogP contribution in [0.25, 0.3) is 0 Å². The zero-order valence-electron chi connectivity index (χ0n) is 17.2. The fourth-order valence-corrected chi connectivity index (χ4v) is 3.25. The van der Waals surface area contributed by atoms with E-state index in [0.717, 1.165) is 55.5 Å². The minimum absolute atomic E-state index is 0. The van der Waals surface area contributed by atoms with Crippen LogP contribution in [0.3, 0.4) is 0 Å². The number of furan rings is 1. The number of carbonyl (C=O) groups is 1. The Morgan fingerprint density at radius 2 is 2.21 bits per heavy atom. The molecule has 3 N–H and O–H groups in total. The van der Waals surface area contributed by atoms with Crippen LogP contribution in [-0.4, -0.2) is 46.3 Å². The summed E-state index contributed by atoms with van der Waals surface area (Å²) in [6, 6.07) is 1.88. The third-order valence-electron chi connectivity index (χ3n) is 4.59. The molecule has 2 aromatic rings. The molecule has 1 unspecified atom stereocenters. The smallest absolute Gasteiger partial charge is 0.287 e.